The Hall–Kier alpha value is -0.570. The second kappa shape index (κ2) is 6.05. The van der Waals surface area contributed by atoms with Crippen LogP contribution < -0.4 is 5.73 Å². The van der Waals surface area contributed by atoms with Crippen molar-refractivity contribution in [2.24, 2.45) is 11.7 Å². The topological polar surface area (TPSA) is 63.4 Å². The predicted molar refractivity (Wildman–Crippen MR) is 82.4 cm³/mol. The van der Waals surface area contributed by atoms with Gasteiger partial charge in [0.2, 0.25) is 10.0 Å². The molecule has 1 aromatic carbocycles. The summed E-state index contributed by atoms with van der Waals surface area (Å²) < 4.78 is 40.4. The summed E-state index contributed by atoms with van der Waals surface area (Å²) in [6.07, 6.45) is 1.15. The Balaban J connectivity index is 2.22. The number of piperidine rings is 1. The van der Waals surface area contributed by atoms with Crippen LogP contribution in [-0.4, -0.2) is 30.8 Å². The van der Waals surface area contributed by atoms with Gasteiger partial charge < -0.3 is 5.73 Å². The second-order valence-electron chi connectivity index (χ2n) is 4.66. The molecular formula is C12H14BrFN2O2S2. The SMILES string of the molecule is NC(=S)C1CCN(S(=O)(=O)c2ccc(Br)cc2F)CC1. The maximum Gasteiger partial charge on any atom is 0.245 e. The minimum atomic E-state index is -3.81. The number of hydrogen-bond donors (Lipinski definition) is 1. The van der Waals surface area contributed by atoms with Crippen LogP contribution in [0.2, 0.25) is 0 Å². The number of thiocarbonyl (C=S) groups is 1. The summed E-state index contributed by atoms with van der Waals surface area (Å²) in [6.45, 7) is 0.611. The Morgan fingerprint density at radius 1 is 1.40 bits per heavy atom. The quantitative estimate of drug-likeness (QED) is 0.816. The number of rotatable bonds is 3. The molecule has 0 aliphatic carbocycles. The predicted octanol–water partition coefficient (Wildman–Crippen LogP) is 2.28. The molecule has 0 radical (unpaired) electrons. The number of halogens is 2. The van der Waals surface area contributed by atoms with E-state index in [9.17, 15) is 12.8 Å². The van der Waals surface area contributed by atoms with Crippen LogP contribution in [0.25, 0.3) is 0 Å². The summed E-state index contributed by atoms with van der Waals surface area (Å²) in [4.78, 5) is 0.117. The molecule has 1 aromatic rings. The highest BCUT2D eigenvalue weighted by Gasteiger charge is 2.31. The molecule has 0 unspecified atom stereocenters. The van der Waals surface area contributed by atoms with Gasteiger partial charge in [-0.3, -0.25) is 0 Å². The van der Waals surface area contributed by atoms with E-state index >= 15 is 0 Å². The minimum absolute atomic E-state index is 0.0613. The second-order valence-corrected chi connectivity index (χ2v) is 7.95. The van der Waals surface area contributed by atoms with E-state index < -0.39 is 15.8 Å². The van der Waals surface area contributed by atoms with Crippen LogP contribution in [0.3, 0.4) is 0 Å². The lowest BCUT2D eigenvalue weighted by atomic mass is 9.98. The smallest absolute Gasteiger partial charge is 0.245 e. The van der Waals surface area contributed by atoms with Crippen molar-refractivity contribution < 1.29 is 12.8 Å². The first kappa shape index (κ1) is 15.8. The molecule has 0 amide bonds. The van der Waals surface area contributed by atoms with Crippen molar-refractivity contribution >= 4 is 43.2 Å². The first-order valence-corrected chi connectivity index (χ1v) is 8.71. The molecule has 1 fully saturated rings. The normalized spacial score (nSPS) is 18.1. The van der Waals surface area contributed by atoms with Crippen molar-refractivity contribution in [1.82, 2.24) is 4.31 Å². The molecule has 2 rings (SSSR count). The van der Waals surface area contributed by atoms with Crippen LogP contribution in [0.4, 0.5) is 4.39 Å². The lowest BCUT2D eigenvalue weighted by molar-refractivity contribution is 0.315. The highest BCUT2D eigenvalue weighted by molar-refractivity contribution is 9.10. The first-order chi connectivity index (χ1) is 9.32. The Morgan fingerprint density at radius 3 is 2.50 bits per heavy atom. The molecular weight excluding hydrogens is 367 g/mol. The molecule has 110 valence electrons. The van der Waals surface area contributed by atoms with Gasteiger partial charge in [0.1, 0.15) is 10.7 Å². The third-order valence-corrected chi connectivity index (χ3v) is 6.13. The maximum atomic E-state index is 13.8. The monoisotopic (exact) mass is 380 g/mol. The summed E-state index contributed by atoms with van der Waals surface area (Å²) in [6, 6.07) is 3.93. The highest BCUT2D eigenvalue weighted by Crippen LogP contribution is 2.26. The van der Waals surface area contributed by atoms with E-state index in [0.717, 1.165) is 6.07 Å². The molecule has 1 aliphatic heterocycles. The molecule has 8 heteroatoms. The van der Waals surface area contributed by atoms with E-state index in [0.29, 0.717) is 35.4 Å². The number of hydrogen-bond acceptors (Lipinski definition) is 3. The van der Waals surface area contributed by atoms with Gasteiger partial charge in [-0.15, -0.1) is 0 Å². The fraction of sp³-hybridized carbons (Fsp3) is 0.417. The first-order valence-electron chi connectivity index (χ1n) is 6.07. The van der Waals surface area contributed by atoms with E-state index in [1.54, 1.807) is 0 Å². The summed E-state index contributed by atoms with van der Waals surface area (Å²) >= 11 is 8.03. The zero-order valence-corrected chi connectivity index (χ0v) is 13.8. The van der Waals surface area contributed by atoms with Crippen molar-refractivity contribution in [3.05, 3.63) is 28.5 Å². The third kappa shape index (κ3) is 3.19. The van der Waals surface area contributed by atoms with Gasteiger partial charge in [-0.2, -0.15) is 4.31 Å². The Labute approximate surface area is 131 Å². The van der Waals surface area contributed by atoms with Crippen LogP contribution in [-0.2, 0) is 10.0 Å². The molecule has 0 atom stereocenters. The van der Waals surface area contributed by atoms with Crippen LogP contribution in [0.15, 0.2) is 27.6 Å². The van der Waals surface area contributed by atoms with Crippen LogP contribution in [0.5, 0.6) is 0 Å². The van der Waals surface area contributed by atoms with Gasteiger partial charge in [0, 0.05) is 23.5 Å². The summed E-state index contributed by atoms with van der Waals surface area (Å²) in [5.74, 6) is -0.693. The molecule has 0 spiro atoms. The Bertz CT molecular complexity index is 628. The molecule has 0 saturated carbocycles. The van der Waals surface area contributed by atoms with Gasteiger partial charge >= 0.3 is 0 Å². The molecule has 0 aromatic heterocycles. The Morgan fingerprint density at radius 2 is 2.00 bits per heavy atom. The zero-order valence-electron chi connectivity index (χ0n) is 10.6. The molecule has 4 nitrogen and oxygen atoms in total. The van der Waals surface area contributed by atoms with Crippen molar-refractivity contribution in [2.75, 3.05) is 13.1 Å². The third-order valence-electron chi connectivity index (χ3n) is 3.37. The van der Waals surface area contributed by atoms with Crippen LogP contribution in [0.1, 0.15) is 12.8 Å². The molecule has 1 saturated heterocycles. The van der Waals surface area contributed by atoms with E-state index in [1.165, 1.54) is 16.4 Å². The molecule has 1 aliphatic rings. The Kier molecular flexibility index (Phi) is 4.78. The average molecular weight is 381 g/mol. The van der Waals surface area contributed by atoms with Gasteiger partial charge in [-0.25, -0.2) is 12.8 Å². The number of benzene rings is 1. The van der Waals surface area contributed by atoms with E-state index in [1.807, 2.05) is 0 Å². The van der Waals surface area contributed by atoms with Gasteiger partial charge in [-0.1, -0.05) is 28.1 Å². The lowest BCUT2D eigenvalue weighted by Gasteiger charge is -2.30. The van der Waals surface area contributed by atoms with Gasteiger partial charge in [0.15, 0.2) is 0 Å². The van der Waals surface area contributed by atoms with Crippen molar-refractivity contribution in [3.63, 3.8) is 0 Å². The van der Waals surface area contributed by atoms with E-state index in [2.05, 4.69) is 15.9 Å². The highest BCUT2D eigenvalue weighted by atomic mass is 79.9. The van der Waals surface area contributed by atoms with Crippen molar-refractivity contribution in [1.29, 1.82) is 0 Å². The standard InChI is InChI=1S/C12H14BrFN2O2S2/c13-9-1-2-11(10(14)7-9)20(17,18)16-5-3-8(4-6-16)12(15)19/h1-2,7-8H,3-6H2,(H2,15,19). The average Bonchev–Trinajstić information content (AvgIpc) is 2.38. The molecule has 2 N–H and O–H groups in total. The van der Waals surface area contributed by atoms with E-state index in [-0.39, 0.29) is 10.8 Å². The van der Waals surface area contributed by atoms with Crippen LogP contribution >= 0.6 is 28.1 Å². The fourth-order valence-electron chi connectivity index (χ4n) is 2.20. The van der Waals surface area contributed by atoms with Gasteiger partial charge in [0.05, 0.1) is 4.99 Å². The lowest BCUT2D eigenvalue weighted by Crippen LogP contribution is -2.41. The summed E-state index contributed by atoms with van der Waals surface area (Å²) in [5, 5.41) is 0. The van der Waals surface area contributed by atoms with Crippen molar-refractivity contribution in [3.8, 4) is 0 Å². The van der Waals surface area contributed by atoms with Crippen LogP contribution in [0, 0.1) is 11.7 Å². The fourth-order valence-corrected chi connectivity index (χ4v) is 4.29. The number of sulfonamides is 1. The minimum Gasteiger partial charge on any atom is -0.393 e. The van der Waals surface area contributed by atoms with Gasteiger partial charge in [0.25, 0.3) is 0 Å². The summed E-state index contributed by atoms with van der Waals surface area (Å²) in [7, 11) is -3.81. The van der Waals surface area contributed by atoms with Gasteiger partial charge in [-0.05, 0) is 31.0 Å². The molecule has 0 bridgehead atoms. The van der Waals surface area contributed by atoms with E-state index in [4.69, 9.17) is 18.0 Å². The zero-order chi connectivity index (χ0) is 14.9. The van der Waals surface area contributed by atoms with Crippen molar-refractivity contribution in [2.45, 2.75) is 17.7 Å². The molecule has 1 heterocycles. The molecule has 20 heavy (non-hydrogen) atoms. The number of nitrogens with zero attached hydrogens (tertiary/aromatic N) is 1. The summed E-state index contributed by atoms with van der Waals surface area (Å²) in [5.41, 5.74) is 5.57. The largest absolute Gasteiger partial charge is 0.393 e. The maximum absolute atomic E-state index is 13.8. The number of nitrogens with two attached hydrogens (primary N) is 1.